The number of fused-ring (bicyclic) bond motifs is 2. The number of hydrogen-bond donors (Lipinski definition) is 0. The Morgan fingerprint density at radius 2 is 2.08 bits per heavy atom. The van der Waals surface area contributed by atoms with Crippen LogP contribution in [0.15, 0.2) is 6.20 Å². The van der Waals surface area contributed by atoms with Gasteiger partial charge in [-0.25, -0.2) is 4.79 Å². The second-order valence-electron chi connectivity index (χ2n) is 8.17. The van der Waals surface area contributed by atoms with Crippen LogP contribution in [0.25, 0.3) is 0 Å². The van der Waals surface area contributed by atoms with Gasteiger partial charge in [0.15, 0.2) is 0 Å². The lowest BCUT2D eigenvalue weighted by atomic mass is 10.1. The zero-order valence-electron chi connectivity index (χ0n) is 14.7. The summed E-state index contributed by atoms with van der Waals surface area (Å²) in [4.78, 5) is 28.5. The summed E-state index contributed by atoms with van der Waals surface area (Å²) >= 11 is 0. The molecular weight excluding hydrogens is 308 g/mol. The maximum Gasteiger partial charge on any atom is 0.410 e. The Morgan fingerprint density at radius 3 is 2.71 bits per heavy atom. The van der Waals surface area contributed by atoms with Gasteiger partial charge in [0.25, 0.3) is 0 Å². The van der Waals surface area contributed by atoms with Crippen LogP contribution in [0.5, 0.6) is 0 Å². The molecule has 4 rings (SSSR count). The molecule has 7 nitrogen and oxygen atoms in total. The van der Waals surface area contributed by atoms with Gasteiger partial charge in [0.1, 0.15) is 5.60 Å². The van der Waals surface area contributed by atoms with Crippen molar-refractivity contribution in [1.29, 1.82) is 0 Å². The van der Waals surface area contributed by atoms with E-state index in [1.807, 2.05) is 37.3 Å². The first-order chi connectivity index (χ1) is 11.2. The number of ether oxygens (including phenoxy) is 1. The van der Waals surface area contributed by atoms with Crippen LogP contribution in [-0.2, 0) is 22.6 Å². The van der Waals surface area contributed by atoms with Crippen LogP contribution >= 0.6 is 0 Å². The van der Waals surface area contributed by atoms with Gasteiger partial charge >= 0.3 is 6.09 Å². The molecule has 24 heavy (non-hydrogen) atoms. The molecule has 0 N–H and O–H groups in total. The van der Waals surface area contributed by atoms with Crippen molar-refractivity contribution < 1.29 is 14.3 Å². The van der Waals surface area contributed by atoms with Gasteiger partial charge in [0.2, 0.25) is 5.91 Å². The molecule has 3 aliphatic rings. The maximum atomic E-state index is 12.5. The topological polar surface area (TPSA) is 67.7 Å². The lowest BCUT2D eigenvalue weighted by Gasteiger charge is -2.36. The predicted octanol–water partition coefficient (Wildman–Crippen LogP) is 2.00. The van der Waals surface area contributed by atoms with Crippen LogP contribution in [-0.4, -0.2) is 44.9 Å². The van der Waals surface area contributed by atoms with E-state index in [1.165, 1.54) is 0 Å². The number of hydrogen-bond acceptors (Lipinski definition) is 4. The summed E-state index contributed by atoms with van der Waals surface area (Å²) in [7, 11) is 0. The SMILES string of the molecule is C[C@H]1Cn2ncc(N3CC4CC4C3=O)c2CN1C(=O)OC(C)(C)C. The Bertz CT molecular complexity index is 705. The lowest BCUT2D eigenvalue weighted by molar-refractivity contribution is -0.118. The number of aromatic nitrogens is 2. The largest absolute Gasteiger partial charge is 0.444 e. The first kappa shape index (κ1) is 15.5. The molecule has 0 spiro atoms. The van der Waals surface area contributed by atoms with Gasteiger partial charge in [0.05, 0.1) is 36.7 Å². The number of piperidine rings is 1. The highest BCUT2D eigenvalue weighted by molar-refractivity contribution is 6.00. The van der Waals surface area contributed by atoms with E-state index in [0.29, 0.717) is 19.0 Å². The summed E-state index contributed by atoms with van der Waals surface area (Å²) < 4.78 is 7.44. The Balaban J connectivity index is 1.58. The summed E-state index contributed by atoms with van der Waals surface area (Å²) in [5.74, 6) is 0.931. The standard InChI is InChI=1S/C17H24N4O3/c1-10-7-21-14(9-19(10)16(23)24-17(2,3)4)13(6-18-21)20-8-11-5-12(11)15(20)22/h6,10-12H,5,7-9H2,1-4H3/t10-,11?,12?/m0/s1. The first-order valence-electron chi connectivity index (χ1n) is 8.60. The van der Waals surface area contributed by atoms with Gasteiger partial charge in [-0.1, -0.05) is 0 Å². The number of carbonyl (C=O) groups excluding carboxylic acids is 2. The van der Waals surface area contributed by atoms with Gasteiger partial charge < -0.3 is 9.64 Å². The van der Waals surface area contributed by atoms with Crippen molar-refractivity contribution in [2.24, 2.45) is 11.8 Å². The normalized spacial score (nSPS) is 28.7. The average molecular weight is 332 g/mol. The number of nitrogens with zero attached hydrogens (tertiary/aromatic N) is 4. The zero-order valence-corrected chi connectivity index (χ0v) is 14.7. The van der Waals surface area contributed by atoms with Crippen LogP contribution in [0.2, 0.25) is 0 Å². The highest BCUT2D eigenvalue weighted by atomic mass is 16.6. The van der Waals surface area contributed by atoms with Gasteiger partial charge in [0, 0.05) is 12.5 Å². The fourth-order valence-corrected chi connectivity index (χ4v) is 3.67. The molecule has 0 bridgehead atoms. The quantitative estimate of drug-likeness (QED) is 0.789. The third kappa shape index (κ3) is 2.46. The number of anilines is 1. The van der Waals surface area contributed by atoms with Gasteiger partial charge in [-0.15, -0.1) is 0 Å². The van der Waals surface area contributed by atoms with Gasteiger partial charge in [-0.2, -0.15) is 5.10 Å². The van der Waals surface area contributed by atoms with Crippen molar-refractivity contribution in [3.8, 4) is 0 Å². The lowest BCUT2D eigenvalue weighted by Crippen LogP contribution is -2.47. The van der Waals surface area contributed by atoms with Crippen LogP contribution in [0.4, 0.5) is 10.5 Å². The minimum absolute atomic E-state index is 0.00258. The van der Waals surface area contributed by atoms with Crippen LogP contribution < -0.4 is 4.90 Å². The molecule has 1 aliphatic carbocycles. The fraction of sp³-hybridized carbons (Fsp3) is 0.706. The number of rotatable bonds is 1. The second-order valence-corrected chi connectivity index (χ2v) is 8.17. The summed E-state index contributed by atoms with van der Waals surface area (Å²) in [5.41, 5.74) is 1.25. The summed E-state index contributed by atoms with van der Waals surface area (Å²) in [6.07, 6.45) is 2.48. The predicted molar refractivity (Wildman–Crippen MR) is 87.4 cm³/mol. The minimum atomic E-state index is -0.524. The van der Waals surface area contributed by atoms with Gasteiger partial charge in [-0.05, 0) is 40.0 Å². The van der Waals surface area contributed by atoms with Crippen molar-refractivity contribution >= 4 is 17.7 Å². The van der Waals surface area contributed by atoms with E-state index in [0.717, 1.165) is 24.3 Å². The molecule has 1 saturated carbocycles. The van der Waals surface area contributed by atoms with Crippen molar-refractivity contribution in [3.63, 3.8) is 0 Å². The maximum absolute atomic E-state index is 12.5. The summed E-state index contributed by atoms with van der Waals surface area (Å²) in [5, 5.41) is 4.44. The van der Waals surface area contributed by atoms with E-state index in [9.17, 15) is 9.59 Å². The number of carbonyl (C=O) groups is 2. The molecule has 2 unspecified atom stereocenters. The molecule has 2 fully saturated rings. The number of amides is 2. The third-order valence-electron chi connectivity index (χ3n) is 5.06. The molecule has 130 valence electrons. The third-order valence-corrected chi connectivity index (χ3v) is 5.06. The molecule has 3 atom stereocenters. The van der Waals surface area contributed by atoms with Crippen molar-refractivity contribution in [2.75, 3.05) is 11.4 Å². The van der Waals surface area contributed by atoms with Crippen LogP contribution in [0.1, 0.15) is 39.8 Å². The molecule has 0 aromatic carbocycles. The van der Waals surface area contributed by atoms with Crippen molar-refractivity contribution in [2.45, 2.75) is 58.8 Å². The minimum Gasteiger partial charge on any atom is -0.444 e. The van der Waals surface area contributed by atoms with Crippen LogP contribution in [0.3, 0.4) is 0 Å². The second kappa shape index (κ2) is 4.97. The molecule has 1 aromatic rings. The molecule has 2 aliphatic heterocycles. The van der Waals surface area contributed by atoms with Crippen LogP contribution in [0, 0.1) is 11.8 Å². The zero-order chi connectivity index (χ0) is 17.2. The van der Waals surface area contributed by atoms with E-state index in [-0.39, 0.29) is 24.0 Å². The molecule has 0 radical (unpaired) electrons. The summed E-state index contributed by atoms with van der Waals surface area (Å²) in [6.45, 7) is 9.40. The molecule has 1 aromatic heterocycles. The van der Waals surface area contributed by atoms with Gasteiger partial charge in [-0.3, -0.25) is 14.4 Å². The molecule has 3 heterocycles. The van der Waals surface area contributed by atoms with Crippen molar-refractivity contribution in [3.05, 3.63) is 11.9 Å². The highest BCUT2D eigenvalue weighted by Gasteiger charge is 2.53. The Hall–Kier alpha value is -2.05. The Kier molecular flexibility index (Phi) is 3.21. The molecular formula is C17H24N4O3. The Morgan fingerprint density at radius 1 is 1.33 bits per heavy atom. The van der Waals surface area contributed by atoms with E-state index in [1.54, 1.807) is 11.1 Å². The van der Waals surface area contributed by atoms with E-state index in [4.69, 9.17) is 4.74 Å². The van der Waals surface area contributed by atoms with E-state index >= 15 is 0 Å². The molecule has 1 saturated heterocycles. The van der Waals surface area contributed by atoms with E-state index in [2.05, 4.69) is 5.10 Å². The highest BCUT2D eigenvalue weighted by Crippen LogP contribution is 2.48. The Labute approximate surface area is 141 Å². The smallest absolute Gasteiger partial charge is 0.410 e. The summed E-state index contributed by atoms with van der Waals surface area (Å²) in [6, 6.07) is 0.00258. The van der Waals surface area contributed by atoms with Crippen molar-refractivity contribution in [1.82, 2.24) is 14.7 Å². The monoisotopic (exact) mass is 332 g/mol. The molecule has 2 amide bonds. The fourth-order valence-electron chi connectivity index (χ4n) is 3.67. The first-order valence-corrected chi connectivity index (χ1v) is 8.60. The average Bonchev–Trinajstić information content (AvgIpc) is 3.02. The molecule has 7 heteroatoms. The van der Waals surface area contributed by atoms with E-state index < -0.39 is 5.60 Å².